The zero-order valence-electron chi connectivity index (χ0n) is 28.1. The number of nitrogens with one attached hydrogen (secondary N) is 2. The number of rotatable bonds is 7. The number of aromatic nitrogens is 4. The second-order valence-corrected chi connectivity index (χ2v) is 11.9. The van der Waals surface area contributed by atoms with E-state index in [1.807, 2.05) is 19.1 Å². The maximum atomic E-state index is 13.7. The van der Waals surface area contributed by atoms with Gasteiger partial charge >= 0.3 is 17.9 Å². The highest BCUT2D eigenvalue weighted by atomic mass is 16.5. The van der Waals surface area contributed by atoms with E-state index >= 15 is 0 Å². The molecule has 0 fully saturated rings. The van der Waals surface area contributed by atoms with Crippen LogP contribution in [0.3, 0.4) is 0 Å². The Morgan fingerprint density at radius 3 is 1.93 bits per heavy atom. The first-order valence-corrected chi connectivity index (χ1v) is 15.7. The fraction of sp³-hybridized carbons (Fsp3) is 0.417. The number of aromatic amines is 2. The van der Waals surface area contributed by atoms with Crippen molar-refractivity contribution in [3.8, 4) is 0 Å². The molecule has 8 bridgehead atoms. The number of hydrogen-bond acceptors (Lipinski definition) is 8. The van der Waals surface area contributed by atoms with Crippen molar-refractivity contribution in [1.29, 1.82) is 0 Å². The van der Waals surface area contributed by atoms with Crippen molar-refractivity contribution in [3.05, 3.63) is 68.8 Å². The lowest BCUT2D eigenvalue weighted by molar-refractivity contribution is -0.140. The van der Waals surface area contributed by atoms with Crippen LogP contribution in [0.15, 0.2) is 18.2 Å². The largest absolute Gasteiger partial charge is 0.469 e. The van der Waals surface area contributed by atoms with Crippen molar-refractivity contribution in [3.63, 3.8) is 0 Å². The zero-order valence-corrected chi connectivity index (χ0v) is 28.1. The first kappa shape index (κ1) is 32.7. The Balaban J connectivity index is 2.03. The van der Waals surface area contributed by atoms with Crippen molar-refractivity contribution < 1.29 is 28.6 Å². The molecule has 0 radical (unpaired) electrons. The Morgan fingerprint density at radius 1 is 0.783 bits per heavy atom. The lowest BCUT2D eigenvalue weighted by Gasteiger charge is -2.17. The van der Waals surface area contributed by atoms with Gasteiger partial charge < -0.3 is 24.2 Å². The highest BCUT2D eigenvalue weighted by Gasteiger charge is 2.38. The van der Waals surface area contributed by atoms with E-state index in [-0.39, 0.29) is 41.1 Å². The molecule has 46 heavy (non-hydrogen) atoms. The minimum absolute atomic E-state index is 0.0772. The SMILES string of the molecule is CCc1c(C)c2cc3[nH]c(cc4nc(c(C(=O)OC)c5nc(cc1[nH]2)C(C)=C5C(=O)OC)[C@@H](CCC(=O)OC)[C@@H]4C)c(C)c3CC. The molecular weight excluding hydrogens is 584 g/mol. The van der Waals surface area contributed by atoms with Gasteiger partial charge in [0.15, 0.2) is 0 Å². The quantitative estimate of drug-likeness (QED) is 0.216. The van der Waals surface area contributed by atoms with Gasteiger partial charge in [-0.15, -0.1) is 0 Å². The number of ether oxygens (including phenoxy) is 3. The van der Waals surface area contributed by atoms with E-state index in [0.717, 1.165) is 57.3 Å². The number of nitrogens with zero attached hydrogens (tertiary/aromatic N) is 2. The smallest absolute Gasteiger partial charge is 0.341 e. The lowest BCUT2D eigenvalue weighted by atomic mass is 9.85. The normalized spacial score (nSPS) is 16.0. The molecule has 2 N–H and O–H groups in total. The number of carbonyl (C=O) groups is 3. The molecular formula is C36H42N4O6. The van der Waals surface area contributed by atoms with E-state index in [4.69, 9.17) is 24.2 Å². The molecule has 2 aliphatic rings. The minimum Gasteiger partial charge on any atom is -0.469 e. The number of H-pyrrole nitrogens is 2. The molecule has 2 aliphatic heterocycles. The van der Waals surface area contributed by atoms with Gasteiger partial charge in [0.05, 0.1) is 44.0 Å². The van der Waals surface area contributed by atoms with Crippen molar-refractivity contribution in [1.82, 2.24) is 19.9 Å². The Hall–Kier alpha value is -4.73. The average Bonchev–Trinajstić information content (AvgIpc) is 3.72. The Labute approximate surface area is 268 Å². The number of hydrogen-bond donors (Lipinski definition) is 2. The Kier molecular flexibility index (Phi) is 9.19. The predicted molar refractivity (Wildman–Crippen MR) is 177 cm³/mol. The highest BCUT2D eigenvalue weighted by molar-refractivity contribution is 6.26. The topological polar surface area (TPSA) is 136 Å². The third-order valence-corrected chi connectivity index (χ3v) is 9.53. The molecule has 3 aromatic rings. The molecule has 0 spiro atoms. The third kappa shape index (κ3) is 5.50. The standard InChI is InChI=1S/C36H42N4O6/c1-10-21-17(3)24-14-26-19(5)23(12-13-30(41)44-7)33(39-26)32(36(43)46-9)34-31(35(42)45-8)20(6)27(40-34)16-29-22(11-2)18(4)25(38-29)15-28(21)37-24/h14-16,19,23,37-38H,10-13H2,1-9H3/t19-,23-/m0/s1. The maximum absolute atomic E-state index is 13.7. The van der Waals surface area contributed by atoms with E-state index in [1.54, 1.807) is 6.92 Å². The summed E-state index contributed by atoms with van der Waals surface area (Å²) in [5.74, 6) is -2.22. The molecule has 0 saturated heterocycles. The van der Waals surface area contributed by atoms with Gasteiger partial charge in [-0.3, -0.25) is 9.78 Å². The monoisotopic (exact) mass is 626 g/mol. The van der Waals surface area contributed by atoms with Gasteiger partial charge in [-0.1, -0.05) is 20.8 Å². The number of carbonyl (C=O) groups excluding carboxylic acids is 3. The lowest BCUT2D eigenvalue weighted by Crippen LogP contribution is -2.15. The zero-order chi connectivity index (χ0) is 33.4. The van der Waals surface area contributed by atoms with Crippen LogP contribution in [0.1, 0.15) is 108 Å². The summed E-state index contributed by atoms with van der Waals surface area (Å²) in [6.45, 7) is 12.3. The number of allylic oxidation sites excluding steroid dienone is 1. The van der Waals surface area contributed by atoms with Crippen molar-refractivity contribution >= 4 is 51.1 Å². The van der Waals surface area contributed by atoms with Crippen LogP contribution in [0.2, 0.25) is 0 Å². The summed E-state index contributed by atoms with van der Waals surface area (Å²) in [5.41, 5.74) is 11.0. The van der Waals surface area contributed by atoms with E-state index < -0.39 is 11.9 Å². The second kappa shape index (κ2) is 12.9. The first-order chi connectivity index (χ1) is 22.0. The second-order valence-electron chi connectivity index (χ2n) is 11.9. The maximum Gasteiger partial charge on any atom is 0.341 e. The summed E-state index contributed by atoms with van der Waals surface area (Å²) in [4.78, 5) is 56.6. The van der Waals surface area contributed by atoms with Gasteiger partial charge in [0.25, 0.3) is 0 Å². The summed E-state index contributed by atoms with van der Waals surface area (Å²) >= 11 is 0. The molecule has 0 aliphatic carbocycles. The molecule has 2 atom stereocenters. The summed E-state index contributed by atoms with van der Waals surface area (Å²) in [7, 11) is 3.94. The molecule has 5 heterocycles. The molecule has 10 heteroatoms. The van der Waals surface area contributed by atoms with E-state index in [2.05, 4.69) is 43.7 Å². The molecule has 0 saturated carbocycles. The summed E-state index contributed by atoms with van der Waals surface area (Å²) in [6, 6.07) is 6.08. The van der Waals surface area contributed by atoms with Crippen LogP contribution in [0, 0.1) is 13.8 Å². The Bertz CT molecular complexity index is 1950. The fourth-order valence-corrected chi connectivity index (χ4v) is 6.83. The van der Waals surface area contributed by atoms with Crippen molar-refractivity contribution in [2.24, 2.45) is 0 Å². The molecule has 3 aromatic heterocycles. The summed E-state index contributed by atoms with van der Waals surface area (Å²) in [5, 5.41) is 0. The van der Waals surface area contributed by atoms with Gasteiger partial charge in [-0.25, -0.2) is 14.6 Å². The van der Waals surface area contributed by atoms with E-state index in [1.165, 1.54) is 26.9 Å². The molecule has 0 aromatic carbocycles. The molecule has 5 rings (SSSR count). The third-order valence-electron chi connectivity index (χ3n) is 9.53. The molecule has 0 amide bonds. The van der Waals surface area contributed by atoms with Crippen molar-refractivity contribution in [2.75, 3.05) is 21.3 Å². The molecule has 242 valence electrons. The van der Waals surface area contributed by atoms with Gasteiger partial charge in [0.2, 0.25) is 0 Å². The van der Waals surface area contributed by atoms with Gasteiger partial charge in [0.1, 0.15) is 5.56 Å². The highest BCUT2D eigenvalue weighted by Crippen LogP contribution is 2.44. The van der Waals surface area contributed by atoms with Gasteiger partial charge in [0, 0.05) is 46.0 Å². The summed E-state index contributed by atoms with van der Waals surface area (Å²) < 4.78 is 15.5. The molecule has 10 nitrogen and oxygen atoms in total. The van der Waals surface area contributed by atoms with E-state index in [9.17, 15) is 14.4 Å². The van der Waals surface area contributed by atoms with Crippen LogP contribution in [-0.4, -0.2) is 59.2 Å². The number of methoxy groups -OCH3 is 3. The minimum atomic E-state index is -0.681. The fourth-order valence-electron chi connectivity index (χ4n) is 6.83. The van der Waals surface area contributed by atoms with Crippen LogP contribution in [0.4, 0.5) is 0 Å². The van der Waals surface area contributed by atoms with E-state index in [0.29, 0.717) is 23.4 Å². The van der Waals surface area contributed by atoms with Crippen LogP contribution < -0.4 is 0 Å². The van der Waals surface area contributed by atoms with Crippen LogP contribution >= 0.6 is 0 Å². The molecule has 0 unspecified atom stereocenters. The predicted octanol–water partition coefficient (Wildman–Crippen LogP) is 6.79. The number of fused-ring (bicyclic) bond motifs is 8. The average molecular weight is 627 g/mol. The summed E-state index contributed by atoms with van der Waals surface area (Å²) in [6.07, 6.45) is 2.09. The number of esters is 3. The van der Waals surface area contributed by atoms with Crippen molar-refractivity contribution in [2.45, 2.75) is 79.1 Å². The van der Waals surface area contributed by atoms with Gasteiger partial charge in [-0.2, -0.15) is 0 Å². The van der Waals surface area contributed by atoms with Crippen LogP contribution in [0.25, 0.3) is 33.2 Å². The number of aryl methyl sites for hydroxylation is 4. The van der Waals surface area contributed by atoms with Crippen LogP contribution in [-0.2, 0) is 36.6 Å². The van der Waals surface area contributed by atoms with Gasteiger partial charge in [-0.05, 0) is 86.1 Å². The van der Waals surface area contributed by atoms with Crippen LogP contribution in [0.5, 0.6) is 0 Å². The Morgan fingerprint density at radius 2 is 1.37 bits per heavy atom. The first-order valence-electron chi connectivity index (χ1n) is 15.7.